The van der Waals surface area contributed by atoms with Crippen LogP contribution in [0, 0.1) is 11.6 Å². The average Bonchev–Trinajstić information content (AvgIpc) is 2.82. The minimum atomic E-state index is -0.900. The molecular weight excluding hydrogens is 298 g/mol. The van der Waals surface area contributed by atoms with Crippen LogP contribution in [0.1, 0.15) is 0 Å². The van der Waals surface area contributed by atoms with Crippen molar-refractivity contribution in [2.24, 2.45) is 0 Å². The highest BCUT2D eigenvalue weighted by molar-refractivity contribution is 6.30. The average molecular weight is 309 g/mol. The van der Waals surface area contributed by atoms with E-state index in [2.05, 4.69) is 4.98 Å². The van der Waals surface area contributed by atoms with E-state index < -0.39 is 11.6 Å². The number of benzene rings is 2. The van der Waals surface area contributed by atoms with Crippen LogP contribution in [0.15, 0.2) is 42.7 Å². The first-order valence-electron chi connectivity index (χ1n) is 6.32. The van der Waals surface area contributed by atoms with Gasteiger partial charge in [-0.3, -0.25) is 0 Å². The Kier molecular flexibility index (Phi) is 3.75. The van der Waals surface area contributed by atoms with E-state index in [1.54, 1.807) is 28.8 Å². The molecule has 0 unspecified atom stereocenters. The molecule has 1 heterocycles. The minimum Gasteiger partial charge on any atom is -0.492 e. The number of hydrogen-bond donors (Lipinski definition) is 0. The minimum absolute atomic E-state index is 0.366. The first-order chi connectivity index (χ1) is 10.1. The lowest BCUT2D eigenvalue weighted by atomic mass is 10.3. The number of nitrogens with zero attached hydrogens (tertiary/aromatic N) is 2. The largest absolute Gasteiger partial charge is 0.492 e. The van der Waals surface area contributed by atoms with Gasteiger partial charge in [-0.1, -0.05) is 17.7 Å². The van der Waals surface area contributed by atoms with Crippen molar-refractivity contribution in [2.75, 3.05) is 6.61 Å². The van der Waals surface area contributed by atoms with Crippen molar-refractivity contribution in [3.8, 4) is 5.75 Å². The lowest BCUT2D eigenvalue weighted by Crippen LogP contribution is -2.07. The van der Waals surface area contributed by atoms with E-state index >= 15 is 0 Å². The van der Waals surface area contributed by atoms with Gasteiger partial charge < -0.3 is 9.30 Å². The first-order valence-corrected chi connectivity index (χ1v) is 6.69. The van der Waals surface area contributed by atoms with Crippen LogP contribution in [0.3, 0.4) is 0 Å². The van der Waals surface area contributed by atoms with Crippen molar-refractivity contribution in [1.82, 2.24) is 9.55 Å². The summed E-state index contributed by atoms with van der Waals surface area (Å²) in [7, 11) is 0. The van der Waals surface area contributed by atoms with Crippen LogP contribution in [0.25, 0.3) is 11.0 Å². The maximum absolute atomic E-state index is 13.3. The summed E-state index contributed by atoms with van der Waals surface area (Å²) in [5.74, 6) is -1.13. The summed E-state index contributed by atoms with van der Waals surface area (Å²) in [6, 6.07) is 9.28. The molecule has 0 saturated carbocycles. The topological polar surface area (TPSA) is 27.1 Å². The van der Waals surface area contributed by atoms with E-state index in [0.717, 1.165) is 12.1 Å². The Hall–Kier alpha value is -2.14. The summed E-state index contributed by atoms with van der Waals surface area (Å²) in [4.78, 5) is 4.04. The number of halogens is 3. The van der Waals surface area contributed by atoms with Crippen LogP contribution < -0.4 is 4.74 Å². The molecule has 1 aromatic heterocycles. The molecule has 0 spiro atoms. The van der Waals surface area contributed by atoms with Gasteiger partial charge in [-0.15, -0.1) is 0 Å². The van der Waals surface area contributed by atoms with Gasteiger partial charge >= 0.3 is 0 Å². The Labute approximate surface area is 124 Å². The Morgan fingerprint density at radius 1 is 1.14 bits per heavy atom. The van der Waals surface area contributed by atoms with E-state index in [1.165, 1.54) is 6.33 Å². The van der Waals surface area contributed by atoms with Crippen molar-refractivity contribution in [3.63, 3.8) is 0 Å². The second-order valence-corrected chi connectivity index (χ2v) is 4.94. The van der Waals surface area contributed by atoms with Crippen molar-refractivity contribution in [2.45, 2.75) is 6.54 Å². The molecular formula is C15H11ClF2N2O. The zero-order valence-corrected chi connectivity index (χ0v) is 11.6. The molecule has 0 aliphatic carbocycles. The second kappa shape index (κ2) is 5.69. The van der Waals surface area contributed by atoms with Crippen LogP contribution in [-0.2, 0) is 6.54 Å². The summed E-state index contributed by atoms with van der Waals surface area (Å²) < 4.78 is 33.7. The zero-order chi connectivity index (χ0) is 14.8. The first kappa shape index (κ1) is 13.8. The fourth-order valence-corrected chi connectivity index (χ4v) is 2.23. The van der Waals surface area contributed by atoms with Gasteiger partial charge in [-0.25, -0.2) is 13.8 Å². The fourth-order valence-electron chi connectivity index (χ4n) is 2.05. The molecule has 0 bridgehead atoms. The smallest absolute Gasteiger partial charge is 0.161 e. The van der Waals surface area contributed by atoms with Crippen molar-refractivity contribution in [1.29, 1.82) is 0 Å². The van der Waals surface area contributed by atoms with Crippen LogP contribution >= 0.6 is 11.6 Å². The number of fused-ring (bicyclic) bond motifs is 1. The van der Waals surface area contributed by atoms with Crippen molar-refractivity contribution >= 4 is 22.6 Å². The third-order valence-electron chi connectivity index (χ3n) is 3.06. The number of rotatable bonds is 4. The highest BCUT2D eigenvalue weighted by atomic mass is 35.5. The summed E-state index contributed by atoms with van der Waals surface area (Å²) >= 11 is 5.86. The Balaban J connectivity index is 1.72. The zero-order valence-electron chi connectivity index (χ0n) is 10.9. The summed E-state index contributed by atoms with van der Waals surface area (Å²) in [6.45, 7) is 0.832. The Morgan fingerprint density at radius 2 is 1.95 bits per heavy atom. The lowest BCUT2D eigenvalue weighted by Gasteiger charge is -2.08. The second-order valence-electron chi connectivity index (χ2n) is 4.50. The summed E-state index contributed by atoms with van der Waals surface area (Å²) in [5, 5.41) is 0.595. The van der Waals surface area contributed by atoms with Crippen LogP contribution in [-0.4, -0.2) is 16.2 Å². The molecule has 108 valence electrons. The van der Waals surface area contributed by atoms with Gasteiger partial charge in [0.2, 0.25) is 0 Å². The van der Waals surface area contributed by atoms with E-state index in [-0.39, 0.29) is 0 Å². The molecule has 3 aromatic rings. The highest BCUT2D eigenvalue weighted by Gasteiger charge is 2.09. The van der Waals surface area contributed by atoms with Gasteiger partial charge in [0, 0.05) is 17.2 Å². The third kappa shape index (κ3) is 2.97. The molecule has 0 fully saturated rings. The number of hydrogen-bond acceptors (Lipinski definition) is 2. The predicted octanol–water partition coefficient (Wildman–Crippen LogP) is 4.05. The standard InChI is InChI=1S/C15H11ClF2N2O/c16-10-2-1-3-11(6-10)21-5-4-20-9-19-14-7-12(17)13(18)8-15(14)20/h1-3,6-9H,4-5H2. The van der Waals surface area contributed by atoms with Gasteiger partial charge in [0.05, 0.1) is 23.9 Å². The van der Waals surface area contributed by atoms with Crippen LogP contribution in [0.4, 0.5) is 8.78 Å². The lowest BCUT2D eigenvalue weighted by molar-refractivity contribution is 0.300. The third-order valence-corrected chi connectivity index (χ3v) is 3.30. The molecule has 0 aliphatic rings. The van der Waals surface area contributed by atoms with Gasteiger partial charge in [0.1, 0.15) is 12.4 Å². The normalized spacial score (nSPS) is 11.0. The molecule has 3 nitrogen and oxygen atoms in total. The molecule has 2 aromatic carbocycles. The Bertz CT molecular complexity index is 788. The highest BCUT2D eigenvalue weighted by Crippen LogP contribution is 2.19. The van der Waals surface area contributed by atoms with Gasteiger partial charge in [0.15, 0.2) is 11.6 Å². The van der Waals surface area contributed by atoms with Gasteiger partial charge in [0.25, 0.3) is 0 Å². The summed E-state index contributed by atoms with van der Waals surface area (Å²) in [5.41, 5.74) is 0.945. The van der Waals surface area contributed by atoms with Crippen LogP contribution in [0.2, 0.25) is 5.02 Å². The molecule has 0 N–H and O–H groups in total. The molecule has 6 heteroatoms. The van der Waals surface area contributed by atoms with E-state index in [4.69, 9.17) is 16.3 Å². The summed E-state index contributed by atoms with van der Waals surface area (Å²) in [6.07, 6.45) is 1.53. The maximum atomic E-state index is 13.3. The monoisotopic (exact) mass is 308 g/mol. The molecule has 0 amide bonds. The molecule has 0 radical (unpaired) electrons. The number of aromatic nitrogens is 2. The number of imidazole rings is 1. The molecule has 0 saturated heterocycles. The van der Waals surface area contributed by atoms with Crippen molar-refractivity contribution in [3.05, 3.63) is 59.4 Å². The van der Waals surface area contributed by atoms with Gasteiger partial charge in [-0.05, 0) is 18.2 Å². The molecule has 0 aliphatic heterocycles. The van der Waals surface area contributed by atoms with E-state index in [1.807, 2.05) is 0 Å². The fraction of sp³-hybridized carbons (Fsp3) is 0.133. The molecule has 0 atom stereocenters. The molecule has 3 rings (SSSR count). The Morgan fingerprint density at radius 3 is 2.76 bits per heavy atom. The van der Waals surface area contributed by atoms with E-state index in [0.29, 0.717) is 35.0 Å². The van der Waals surface area contributed by atoms with Gasteiger partial charge in [-0.2, -0.15) is 0 Å². The maximum Gasteiger partial charge on any atom is 0.161 e. The molecule has 21 heavy (non-hydrogen) atoms. The van der Waals surface area contributed by atoms with Crippen molar-refractivity contribution < 1.29 is 13.5 Å². The number of ether oxygens (including phenoxy) is 1. The SMILES string of the molecule is Fc1cc2ncn(CCOc3cccc(Cl)c3)c2cc1F. The predicted molar refractivity (Wildman–Crippen MR) is 76.6 cm³/mol. The van der Waals surface area contributed by atoms with E-state index in [9.17, 15) is 8.78 Å². The van der Waals surface area contributed by atoms with Crippen LogP contribution in [0.5, 0.6) is 5.75 Å². The quantitative estimate of drug-likeness (QED) is 0.727.